The average Bonchev–Trinajstić information content (AvgIpc) is 2.36. The zero-order valence-electron chi connectivity index (χ0n) is 8.03. The van der Waals surface area contributed by atoms with E-state index in [1.54, 1.807) is 0 Å². The third kappa shape index (κ3) is 2.58. The van der Waals surface area contributed by atoms with Gasteiger partial charge in [0.15, 0.2) is 0 Å². The fourth-order valence-electron chi connectivity index (χ4n) is 1.72. The first-order valence-electron chi connectivity index (χ1n) is 4.63. The second-order valence-corrected chi connectivity index (χ2v) is 4.33. The molecule has 0 bridgehead atoms. The van der Waals surface area contributed by atoms with Gasteiger partial charge in [-0.25, -0.2) is 0 Å². The zero-order valence-corrected chi connectivity index (χ0v) is 8.79. The number of carboxylic acids is 1. The summed E-state index contributed by atoms with van der Waals surface area (Å²) in [6, 6.07) is 0.459. The van der Waals surface area contributed by atoms with Gasteiger partial charge in [-0.1, -0.05) is 6.92 Å². The minimum absolute atomic E-state index is 0.459. The van der Waals surface area contributed by atoms with Crippen molar-refractivity contribution in [1.82, 2.24) is 4.90 Å². The van der Waals surface area contributed by atoms with Gasteiger partial charge >= 0.3 is 5.97 Å². The number of hydrogen-bond acceptors (Lipinski definition) is 2. The van der Waals surface area contributed by atoms with Crippen molar-refractivity contribution < 1.29 is 9.90 Å². The molecule has 76 valence electrons. The molecule has 3 atom stereocenters. The van der Waals surface area contributed by atoms with Gasteiger partial charge in [0.2, 0.25) is 0 Å². The highest BCUT2D eigenvalue weighted by Gasteiger charge is 2.30. The molecule has 3 unspecified atom stereocenters. The van der Waals surface area contributed by atoms with E-state index in [0.29, 0.717) is 18.5 Å². The predicted molar refractivity (Wildman–Crippen MR) is 52.1 cm³/mol. The number of aliphatic carboxylic acids is 1. The van der Waals surface area contributed by atoms with Crippen LogP contribution in [0.2, 0.25) is 0 Å². The number of carbonyl (C=O) groups is 1. The zero-order chi connectivity index (χ0) is 10.0. The molecule has 1 rings (SSSR count). The van der Waals surface area contributed by atoms with Crippen LogP contribution in [0.15, 0.2) is 0 Å². The minimum atomic E-state index is -0.923. The summed E-state index contributed by atoms with van der Waals surface area (Å²) in [5.41, 5.74) is 0. The third-order valence-electron chi connectivity index (χ3n) is 2.93. The minimum Gasteiger partial charge on any atom is -0.480 e. The van der Waals surface area contributed by atoms with Crippen LogP contribution in [0.3, 0.4) is 0 Å². The lowest BCUT2D eigenvalue weighted by atomic mass is 10.1. The van der Waals surface area contributed by atoms with Crippen LogP contribution >= 0.6 is 11.6 Å². The molecule has 0 aromatic rings. The summed E-state index contributed by atoms with van der Waals surface area (Å²) in [4.78, 5) is 12.7. The lowest BCUT2D eigenvalue weighted by Gasteiger charge is -2.23. The Kier molecular flexibility index (Phi) is 3.56. The first-order valence-corrected chi connectivity index (χ1v) is 5.07. The molecule has 0 saturated carbocycles. The summed E-state index contributed by atoms with van der Waals surface area (Å²) in [7, 11) is 0. The number of carboxylic acid groups (broad SMARTS) is 1. The predicted octanol–water partition coefficient (Wildman–Crippen LogP) is 1.41. The normalized spacial score (nSPS) is 31.9. The monoisotopic (exact) mass is 205 g/mol. The molecule has 0 amide bonds. The van der Waals surface area contributed by atoms with Gasteiger partial charge in [-0.3, -0.25) is 9.69 Å². The quantitative estimate of drug-likeness (QED) is 0.709. The molecule has 0 radical (unpaired) electrons. The number of rotatable bonds is 3. The Morgan fingerprint density at radius 2 is 2.31 bits per heavy atom. The maximum atomic E-state index is 10.5. The van der Waals surface area contributed by atoms with Gasteiger partial charge in [0.25, 0.3) is 0 Å². The van der Waals surface area contributed by atoms with Crippen LogP contribution in [0.5, 0.6) is 0 Å². The van der Waals surface area contributed by atoms with E-state index in [1.165, 1.54) is 0 Å². The van der Waals surface area contributed by atoms with Crippen molar-refractivity contribution in [2.75, 3.05) is 13.1 Å². The fraction of sp³-hybridized carbons (Fsp3) is 0.889. The molecule has 1 aliphatic rings. The molecule has 0 aliphatic carbocycles. The van der Waals surface area contributed by atoms with Crippen LogP contribution in [0.1, 0.15) is 20.3 Å². The highest BCUT2D eigenvalue weighted by atomic mass is 35.5. The molecule has 13 heavy (non-hydrogen) atoms. The van der Waals surface area contributed by atoms with Crippen LogP contribution in [0.4, 0.5) is 0 Å². The van der Waals surface area contributed by atoms with E-state index in [9.17, 15) is 4.79 Å². The molecule has 4 heteroatoms. The van der Waals surface area contributed by atoms with Gasteiger partial charge in [-0.05, 0) is 25.8 Å². The smallest absolute Gasteiger partial charge is 0.322 e. The Morgan fingerprint density at radius 1 is 1.69 bits per heavy atom. The van der Waals surface area contributed by atoms with E-state index >= 15 is 0 Å². The Morgan fingerprint density at radius 3 is 2.69 bits per heavy atom. The highest BCUT2D eigenvalue weighted by Crippen LogP contribution is 2.23. The molecule has 0 spiro atoms. The summed E-state index contributed by atoms with van der Waals surface area (Å²) < 4.78 is 0. The second-order valence-electron chi connectivity index (χ2n) is 3.81. The highest BCUT2D eigenvalue weighted by molar-refractivity contribution is 6.29. The van der Waals surface area contributed by atoms with Crippen molar-refractivity contribution in [1.29, 1.82) is 0 Å². The first kappa shape index (κ1) is 10.8. The van der Waals surface area contributed by atoms with Crippen LogP contribution < -0.4 is 0 Å². The Hall–Kier alpha value is -0.280. The van der Waals surface area contributed by atoms with Crippen molar-refractivity contribution in [3.63, 3.8) is 0 Å². The van der Waals surface area contributed by atoms with Gasteiger partial charge in [0.1, 0.15) is 5.38 Å². The van der Waals surface area contributed by atoms with Crippen LogP contribution in [0, 0.1) is 5.92 Å². The van der Waals surface area contributed by atoms with Gasteiger partial charge in [0, 0.05) is 12.6 Å². The number of halogens is 1. The number of hydrogen-bond donors (Lipinski definition) is 1. The molecule has 1 N–H and O–H groups in total. The third-order valence-corrected chi connectivity index (χ3v) is 3.26. The number of alkyl halides is 1. The summed E-state index contributed by atoms with van der Waals surface area (Å²) in [6.07, 6.45) is 1.14. The molecule has 1 fully saturated rings. The first-order chi connectivity index (χ1) is 6.02. The number of nitrogens with zero attached hydrogens (tertiary/aromatic N) is 1. The van der Waals surface area contributed by atoms with Crippen LogP contribution in [0.25, 0.3) is 0 Å². The van der Waals surface area contributed by atoms with E-state index < -0.39 is 11.3 Å². The molecule has 1 heterocycles. The average molecular weight is 206 g/mol. The Balaban J connectivity index is 2.42. The molecule has 1 saturated heterocycles. The van der Waals surface area contributed by atoms with E-state index in [4.69, 9.17) is 16.7 Å². The van der Waals surface area contributed by atoms with E-state index in [1.807, 2.05) is 0 Å². The molecule has 0 aromatic carbocycles. The standard InChI is InChI=1S/C9H16ClNO2/c1-6-3-4-11(7(6)2)5-8(10)9(12)13/h6-8H,3-5H2,1-2H3,(H,12,13). The van der Waals surface area contributed by atoms with Gasteiger partial charge in [-0.15, -0.1) is 11.6 Å². The van der Waals surface area contributed by atoms with Crippen molar-refractivity contribution in [2.24, 2.45) is 5.92 Å². The number of likely N-dealkylation sites (tertiary alicyclic amines) is 1. The van der Waals surface area contributed by atoms with Gasteiger partial charge in [-0.2, -0.15) is 0 Å². The van der Waals surface area contributed by atoms with Crippen molar-refractivity contribution in [2.45, 2.75) is 31.7 Å². The molecular weight excluding hydrogens is 190 g/mol. The van der Waals surface area contributed by atoms with Crippen molar-refractivity contribution in [3.05, 3.63) is 0 Å². The molecular formula is C9H16ClNO2. The summed E-state index contributed by atoms with van der Waals surface area (Å²) >= 11 is 5.67. The fourth-order valence-corrected chi connectivity index (χ4v) is 1.89. The molecule has 0 aromatic heterocycles. The Bertz CT molecular complexity index is 198. The summed E-state index contributed by atoms with van der Waals surface area (Å²) in [5, 5.41) is 7.87. The van der Waals surface area contributed by atoms with E-state index in [2.05, 4.69) is 18.7 Å². The van der Waals surface area contributed by atoms with Gasteiger partial charge in [0.05, 0.1) is 0 Å². The van der Waals surface area contributed by atoms with Crippen LogP contribution in [-0.2, 0) is 4.79 Å². The topological polar surface area (TPSA) is 40.5 Å². The Labute approximate surface area is 83.7 Å². The van der Waals surface area contributed by atoms with Crippen molar-refractivity contribution in [3.8, 4) is 0 Å². The lowest BCUT2D eigenvalue weighted by molar-refractivity contribution is -0.137. The molecule has 3 nitrogen and oxygen atoms in total. The maximum Gasteiger partial charge on any atom is 0.322 e. The molecule has 1 aliphatic heterocycles. The summed E-state index contributed by atoms with van der Waals surface area (Å²) in [6.45, 7) is 5.75. The van der Waals surface area contributed by atoms with Crippen molar-refractivity contribution >= 4 is 17.6 Å². The SMILES string of the molecule is CC1CCN(CC(Cl)C(=O)O)C1C. The summed E-state index contributed by atoms with van der Waals surface area (Å²) in [5.74, 6) is -0.272. The van der Waals surface area contributed by atoms with E-state index in [0.717, 1.165) is 13.0 Å². The van der Waals surface area contributed by atoms with Crippen LogP contribution in [-0.4, -0.2) is 40.5 Å². The largest absolute Gasteiger partial charge is 0.480 e. The second kappa shape index (κ2) is 4.29. The lowest BCUT2D eigenvalue weighted by Crippen LogP contribution is -2.37. The maximum absolute atomic E-state index is 10.5. The van der Waals surface area contributed by atoms with Gasteiger partial charge < -0.3 is 5.11 Å². The van der Waals surface area contributed by atoms with E-state index in [-0.39, 0.29) is 0 Å².